The van der Waals surface area contributed by atoms with Gasteiger partial charge >= 0.3 is 17.9 Å². The van der Waals surface area contributed by atoms with E-state index in [1.165, 1.54) is 276 Å². The van der Waals surface area contributed by atoms with Gasteiger partial charge in [-0.1, -0.05) is 345 Å². The molecule has 0 spiro atoms. The molecule has 1 unspecified atom stereocenters. The molecule has 0 aliphatic rings. The van der Waals surface area contributed by atoms with E-state index >= 15 is 0 Å². The van der Waals surface area contributed by atoms with Gasteiger partial charge in [-0.2, -0.15) is 0 Å². The van der Waals surface area contributed by atoms with Crippen LogP contribution in [-0.2, 0) is 28.6 Å². The second kappa shape index (κ2) is 71.6. The van der Waals surface area contributed by atoms with Crippen molar-refractivity contribution >= 4 is 17.9 Å². The Hall–Kier alpha value is -2.89. The minimum atomic E-state index is -0.775. The number of carbonyl (C=O) groups is 3. The van der Waals surface area contributed by atoms with E-state index in [1.807, 2.05) is 0 Å². The minimum Gasteiger partial charge on any atom is -0.462 e. The molecule has 0 radical (unpaired) electrons. The Morgan fingerprint density at radius 1 is 0.241 bits per heavy atom. The highest BCUT2D eigenvalue weighted by molar-refractivity contribution is 5.71. The maximum absolute atomic E-state index is 13.0. The molecular weight excluding hydrogens is 1020 g/mol. The number of hydrogen-bond donors (Lipinski definition) is 0. The molecule has 0 aliphatic heterocycles. The third-order valence-corrected chi connectivity index (χ3v) is 16.5. The van der Waals surface area contributed by atoms with Crippen molar-refractivity contribution in [2.45, 2.75) is 399 Å². The Bertz CT molecular complexity index is 1470. The first kappa shape index (κ1) is 80.1. The number of hydrogen-bond acceptors (Lipinski definition) is 6. The number of rotatable bonds is 68. The molecular formula is C77H140O6. The highest BCUT2D eigenvalue weighted by atomic mass is 16.6. The Morgan fingerprint density at radius 2 is 0.434 bits per heavy atom. The average Bonchev–Trinajstić information content (AvgIpc) is 3.49. The zero-order chi connectivity index (χ0) is 59.9. The zero-order valence-corrected chi connectivity index (χ0v) is 55.7. The molecule has 1 atom stereocenters. The molecule has 0 heterocycles. The van der Waals surface area contributed by atoms with Crippen LogP contribution in [0.3, 0.4) is 0 Å². The molecule has 6 nitrogen and oxygen atoms in total. The first-order valence-corrected chi connectivity index (χ1v) is 36.8. The van der Waals surface area contributed by atoms with Crippen LogP contribution >= 0.6 is 0 Å². The summed E-state index contributed by atoms with van der Waals surface area (Å²) in [6.07, 6.45) is 92.5. The largest absolute Gasteiger partial charge is 0.462 e. The molecule has 0 N–H and O–H groups in total. The van der Waals surface area contributed by atoms with E-state index in [1.54, 1.807) is 0 Å². The van der Waals surface area contributed by atoms with Gasteiger partial charge in [-0.15, -0.1) is 0 Å². The van der Waals surface area contributed by atoms with Gasteiger partial charge in [0.15, 0.2) is 6.10 Å². The molecule has 0 amide bonds. The SMILES string of the molecule is CCCCCCC/C=C\C/C=C\C/C=C\CCCCCCCCCCCCCCC(=O)OCC(COC(=O)CCCCCCCCCCCCCCC)OC(=O)CCCCCCCCCCCCCCC/C=C\C/C=C\CCCCCCC. The van der Waals surface area contributed by atoms with Crippen LogP contribution in [-0.4, -0.2) is 37.2 Å². The average molecular weight is 1160 g/mol. The second-order valence-electron chi connectivity index (χ2n) is 24.9. The Morgan fingerprint density at radius 3 is 0.675 bits per heavy atom. The fourth-order valence-electron chi connectivity index (χ4n) is 11.0. The summed E-state index contributed by atoms with van der Waals surface area (Å²) in [6.45, 7) is 6.68. The number of esters is 3. The van der Waals surface area contributed by atoms with Crippen molar-refractivity contribution in [1.29, 1.82) is 0 Å². The second-order valence-corrected chi connectivity index (χ2v) is 24.9. The molecule has 0 saturated heterocycles. The van der Waals surface area contributed by atoms with E-state index in [4.69, 9.17) is 14.2 Å². The summed E-state index contributed by atoms with van der Waals surface area (Å²) in [6, 6.07) is 0. The van der Waals surface area contributed by atoms with Gasteiger partial charge in [0.2, 0.25) is 0 Å². The maximum Gasteiger partial charge on any atom is 0.306 e. The van der Waals surface area contributed by atoms with Crippen molar-refractivity contribution in [2.75, 3.05) is 13.2 Å². The molecule has 83 heavy (non-hydrogen) atoms. The van der Waals surface area contributed by atoms with Crippen molar-refractivity contribution in [3.63, 3.8) is 0 Å². The topological polar surface area (TPSA) is 78.9 Å². The molecule has 6 heteroatoms. The minimum absolute atomic E-state index is 0.0700. The summed E-state index contributed by atoms with van der Waals surface area (Å²) in [5.41, 5.74) is 0. The highest BCUT2D eigenvalue weighted by Crippen LogP contribution is 2.18. The first-order valence-electron chi connectivity index (χ1n) is 36.8. The van der Waals surface area contributed by atoms with Gasteiger partial charge in [-0.25, -0.2) is 0 Å². The number of allylic oxidation sites excluding steroid dienone is 10. The van der Waals surface area contributed by atoms with E-state index in [2.05, 4.69) is 81.5 Å². The van der Waals surface area contributed by atoms with Crippen molar-refractivity contribution < 1.29 is 28.6 Å². The van der Waals surface area contributed by atoms with Crippen LogP contribution in [0.1, 0.15) is 393 Å². The molecule has 0 fully saturated rings. The molecule has 0 rings (SSSR count). The van der Waals surface area contributed by atoms with Crippen LogP contribution in [0, 0.1) is 0 Å². The lowest BCUT2D eigenvalue weighted by molar-refractivity contribution is -0.167. The van der Waals surface area contributed by atoms with Crippen LogP contribution in [0.2, 0.25) is 0 Å². The predicted octanol–water partition coefficient (Wildman–Crippen LogP) is 25.5. The van der Waals surface area contributed by atoms with Gasteiger partial charge in [0.25, 0.3) is 0 Å². The van der Waals surface area contributed by atoms with Crippen LogP contribution in [0.15, 0.2) is 60.8 Å². The van der Waals surface area contributed by atoms with Crippen molar-refractivity contribution in [3.05, 3.63) is 60.8 Å². The quantitative estimate of drug-likeness (QED) is 0.0261. The summed E-state index contributed by atoms with van der Waals surface area (Å²) in [5, 5.41) is 0. The molecule has 484 valence electrons. The molecule has 0 bridgehead atoms. The fraction of sp³-hybridized carbons (Fsp3) is 0.831. The van der Waals surface area contributed by atoms with Crippen LogP contribution in [0.4, 0.5) is 0 Å². The monoisotopic (exact) mass is 1160 g/mol. The van der Waals surface area contributed by atoms with Crippen LogP contribution in [0.25, 0.3) is 0 Å². The van der Waals surface area contributed by atoms with Gasteiger partial charge in [-0.05, 0) is 89.9 Å². The van der Waals surface area contributed by atoms with Crippen molar-refractivity contribution in [2.24, 2.45) is 0 Å². The van der Waals surface area contributed by atoms with Gasteiger partial charge < -0.3 is 14.2 Å². The van der Waals surface area contributed by atoms with Crippen molar-refractivity contribution in [3.8, 4) is 0 Å². The number of ether oxygens (including phenoxy) is 3. The summed E-state index contributed by atoms with van der Waals surface area (Å²) < 4.78 is 17.0. The molecule has 0 saturated carbocycles. The third-order valence-electron chi connectivity index (χ3n) is 16.5. The van der Waals surface area contributed by atoms with Crippen LogP contribution < -0.4 is 0 Å². The van der Waals surface area contributed by atoms with Gasteiger partial charge in [0, 0.05) is 19.3 Å². The zero-order valence-electron chi connectivity index (χ0n) is 55.7. The normalized spacial score (nSPS) is 12.4. The molecule has 0 aliphatic carbocycles. The lowest BCUT2D eigenvalue weighted by Crippen LogP contribution is -2.30. The maximum atomic E-state index is 13.0. The summed E-state index contributed by atoms with van der Waals surface area (Å²) in [4.78, 5) is 38.5. The fourth-order valence-corrected chi connectivity index (χ4v) is 11.0. The van der Waals surface area contributed by atoms with E-state index in [0.717, 1.165) is 77.0 Å². The highest BCUT2D eigenvalue weighted by Gasteiger charge is 2.19. The van der Waals surface area contributed by atoms with Crippen LogP contribution in [0.5, 0.6) is 0 Å². The summed E-state index contributed by atoms with van der Waals surface area (Å²) in [7, 11) is 0. The van der Waals surface area contributed by atoms with E-state index in [9.17, 15) is 14.4 Å². The Balaban J connectivity index is 4.24. The molecule has 0 aromatic carbocycles. The van der Waals surface area contributed by atoms with Crippen molar-refractivity contribution in [1.82, 2.24) is 0 Å². The van der Waals surface area contributed by atoms with E-state index < -0.39 is 6.10 Å². The van der Waals surface area contributed by atoms with E-state index in [0.29, 0.717) is 19.3 Å². The molecule has 0 aromatic rings. The lowest BCUT2D eigenvalue weighted by Gasteiger charge is -2.18. The smallest absolute Gasteiger partial charge is 0.306 e. The van der Waals surface area contributed by atoms with E-state index in [-0.39, 0.29) is 31.1 Å². The standard InChI is InChI=1S/C77H140O6/c1-4-7-10-13-16-19-22-25-27-29-31-33-35-37-38-40-41-43-45-47-49-52-55-58-61-64-67-70-76(79)82-73-74(72-81-75(78)69-66-63-60-57-54-51-24-21-18-15-12-9-6-3)83-77(80)71-68-65-62-59-56-53-50-48-46-44-42-39-36-34-32-30-28-26-23-20-17-14-11-8-5-2/h22-23,25-26,29-32,35,37,74H,4-21,24,27-28,33-34,36,38-73H2,1-3H3/b25-22-,26-23-,31-29-,32-30-,37-35-. The summed E-state index contributed by atoms with van der Waals surface area (Å²) in [5.74, 6) is -0.847. The Kier molecular flexibility index (Phi) is 69.1. The van der Waals surface area contributed by atoms with Gasteiger partial charge in [0.1, 0.15) is 13.2 Å². The number of carbonyl (C=O) groups excluding carboxylic acids is 3. The van der Waals surface area contributed by atoms with Gasteiger partial charge in [-0.3, -0.25) is 14.4 Å². The third kappa shape index (κ3) is 69.8. The summed E-state index contributed by atoms with van der Waals surface area (Å²) >= 11 is 0. The Labute approximate surface area is 517 Å². The predicted molar refractivity (Wildman–Crippen MR) is 362 cm³/mol. The lowest BCUT2D eigenvalue weighted by atomic mass is 10.0. The number of unbranched alkanes of at least 4 members (excludes halogenated alkanes) is 47. The van der Waals surface area contributed by atoms with Gasteiger partial charge in [0.05, 0.1) is 0 Å². The molecule has 0 aromatic heterocycles. The first-order chi connectivity index (χ1) is 41.0.